The lowest BCUT2D eigenvalue weighted by Crippen LogP contribution is -2.62. The van der Waals surface area contributed by atoms with Crippen molar-refractivity contribution < 1.29 is 14.3 Å². The third kappa shape index (κ3) is 1.69. The molecular formula is C17H26O3. The summed E-state index contributed by atoms with van der Waals surface area (Å²) in [6.07, 6.45) is 7.36. The topological polar surface area (TPSA) is 35.5 Å². The molecule has 1 heterocycles. The van der Waals surface area contributed by atoms with E-state index in [1.807, 2.05) is 6.08 Å². The first-order valence-corrected chi connectivity index (χ1v) is 7.91. The van der Waals surface area contributed by atoms with E-state index in [0.29, 0.717) is 31.3 Å². The van der Waals surface area contributed by atoms with Crippen molar-refractivity contribution in [1.29, 1.82) is 0 Å². The fourth-order valence-electron chi connectivity index (χ4n) is 5.13. The maximum Gasteiger partial charge on any atom is 0.174 e. The van der Waals surface area contributed by atoms with Crippen molar-refractivity contribution in [3.8, 4) is 0 Å². The Balaban J connectivity index is 2.02. The summed E-state index contributed by atoms with van der Waals surface area (Å²) in [5.41, 5.74) is -0.342. The van der Waals surface area contributed by atoms with Crippen molar-refractivity contribution >= 4 is 5.78 Å². The number of ketones is 1. The summed E-state index contributed by atoms with van der Waals surface area (Å²) in [6.45, 7) is 9.67. The summed E-state index contributed by atoms with van der Waals surface area (Å²) in [5, 5.41) is 0. The predicted octanol–water partition coefficient (Wildman–Crippen LogP) is 3.48. The second-order valence-electron chi connectivity index (χ2n) is 7.15. The van der Waals surface area contributed by atoms with Gasteiger partial charge < -0.3 is 9.47 Å². The van der Waals surface area contributed by atoms with Crippen LogP contribution in [0.5, 0.6) is 0 Å². The van der Waals surface area contributed by atoms with Gasteiger partial charge in [0.2, 0.25) is 0 Å². The molecule has 0 amide bonds. The number of Topliss-reactive ketones (excluding diaryl/α,β-unsaturated/α-hetero) is 1. The monoisotopic (exact) mass is 278 g/mol. The molecule has 20 heavy (non-hydrogen) atoms. The van der Waals surface area contributed by atoms with E-state index < -0.39 is 5.79 Å². The summed E-state index contributed by atoms with van der Waals surface area (Å²) in [6, 6.07) is 0. The van der Waals surface area contributed by atoms with E-state index in [4.69, 9.17) is 9.47 Å². The molecular weight excluding hydrogens is 252 g/mol. The van der Waals surface area contributed by atoms with Crippen molar-refractivity contribution in [2.45, 2.75) is 58.2 Å². The molecule has 1 saturated heterocycles. The highest BCUT2D eigenvalue weighted by Crippen LogP contribution is 2.63. The normalized spacial score (nSPS) is 43.5. The van der Waals surface area contributed by atoms with Crippen LogP contribution < -0.4 is 0 Å². The number of hydrogen-bond acceptors (Lipinski definition) is 3. The zero-order valence-electron chi connectivity index (χ0n) is 12.7. The minimum Gasteiger partial charge on any atom is -0.347 e. The maximum absolute atomic E-state index is 12.6. The molecule has 0 radical (unpaired) electrons. The SMILES string of the molecule is C=CC[C@]1(C)C(=O)CC[C@@]2(C)[C@H]1CCCC21OCCO1. The second-order valence-corrected chi connectivity index (χ2v) is 7.15. The van der Waals surface area contributed by atoms with Crippen LogP contribution in [0, 0.1) is 16.7 Å². The van der Waals surface area contributed by atoms with Gasteiger partial charge in [0.25, 0.3) is 0 Å². The Labute approximate surface area is 121 Å². The highest BCUT2D eigenvalue weighted by molar-refractivity contribution is 5.86. The summed E-state index contributed by atoms with van der Waals surface area (Å²) in [4.78, 5) is 12.6. The quantitative estimate of drug-likeness (QED) is 0.725. The average molecular weight is 278 g/mol. The van der Waals surface area contributed by atoms with Gasteiger partial charge in [0.15, 0.2) is 5.79 Å². The van der Waals surface area contributed by atoms with Crippen LogP contribution in [-0.4, -0.2) is 24.8 Å². The van der Waals surface area contributed by atoms with Crippen LogP contribution in [0.3, 0.4) is 0 Å². The molecule has 0 N–H and O–H groups in total. The molecule has 0 aromatic carbocycles. The van der Waals surface area contributed by atoms with Gasteiger partial charge in [0.1, 0.15) is 5.78 Å². The van der Waals surface area contributed by atoms with Crippen LogP contribution in [0.25, 0.3) is 0 Å². The first-order chi connectivity index (χ1) is 9.48. The molecule has 0 bridgehead atoms. The maximum atomic E-state index is 12.6. The highest BCUT2D eigenvalue weighted by atomic mass is 16.7. The lowest BCUT2D eigenvalue weighted by atomic mass is 9.48. The fourth-order valence-corrected chi connectivity index (χ4v) is 5.13. The van der Waals surface area contributed by atoms with E-state index >= 15 is 0 Å². The third-order valence-electron chi connectivity index (χ3n) is 6.24. The Morgan fingerprint density at radius 2 is 2.00 bits per heavy atom. The summed E-state index contributed by atoms with van der Waals surface area (Å²) in [5.74, 6) is 0.287. The van der Waals surface area contributed by atoms with Gasteiger partial charge in [-0.15, -0.1) is 6.58 Å². The Morgan fingerprint density at radius 3 is 2.65 bits per heavy atom. The largest absolute Gasteiger partial charge is 0.347 e. The molecule has 3 heteroatoms. The van der Waals surface area contributed by atoms with Gasteiger partial charge in [-0.25, -0.2) is 0 Å². The summed E-state index contributed by atoms with van der Waals surface area (Å²) < 4.78 is 12.2. The van der Waals surface area contributed by atoms with Crippen molar-refractivity contribution in [3.63, 3.8) is 0 Å². The first-order valence-electron chi connectivity index (χ1n) is 7.91. The van der Waals surface area contributed by atoms with Crippen molar-refractivity contribution in [1.82, 2.24) is 0 Å². The molecule has 112 valence electrons. The van der Waals surface area contributed by atoms with E-state index in [-0.39, 0.29) is 10.8 Å². The first kappa shape index (κ1) is 14.3. The van der Waals surface area contributed by atoms with Crippen LogP contribution in [0.15, 0.2) is 12.7 Å². The van der Waals surface area contributed by atoms with Gasteiger partial charge >= 0.3 is 0 Å². The number of hydrogen-bond donors (Lipinski definition) is 0. The molecule has 3 rings (SSSR count). The van der Waals surface area contributed by atoms with E-state index in [0.717, 1.165) is 32.1 Å². The van der Waals surface area contributed by atoms with Gasteiger partial charge in [0, 0.05) is 23.7 Å². The van der Waals surface area contributed by atoms with E-state index in [1.54, 1.807) is 0 Å². The zero-order chi connectivity index (χ0) is 14.4. The van der Waals surface area contributed by atoms with Gasteiger partial charge in [-0.3, -0.25) is 4.79 Å². The molecule has 3 fully saturated rings. The Hall–Kier alpha value is -0.670. The summed E-state index contributed by atoms with van der Waals surface area (Å²) >= 11 is 0. The molecule has 1 aliphatic heterocycles. The Kier molecular flexibility index (Phi) is 3.33. The van der Waals surface area contributed by atoms with Gasteiger partial charge in [-0.1, -0.05) is 19.9 Å². The van der Waals surface area contributed by atoms with Crippen LogP contribution in [0.4, 0.5) is 0 Å². The minimum atomic E-state index is -0.445. The third-order valence-corrected chi connectivity index (χ3v) is 6.24. The number of rotatable bonds is 2. The number of carbonyl (C=O) groups excluding carboxylic acids is 1. The molecule has 3 atom stereocenters. The molecule has 2 saturated carbocycles. The molecule has 0 aromatic heterocycles. The molecule has 3 aliphatic rings. The lowest BCUT2D eigenvalue weighted by molar-refractivity contribution is -0.286. The molecule has 3 nitrogen and oxygen atoms in total. The van der Waals surface area contributed by atoms with Gasteiger partial charge in [-0.05, 0) is 31.6 Å². The van der Waals surface area contributed by atoms with Crippen molar-refractivity contribution in [3.05, 3.63) is 12.7 Å². The molecule has 1 spiro atoms. The standard InChI is InChI=1S/C17H26O3/c1-4-8-15(2)13-6-5-9-17(19-11-12-20-17)16(13,3)10-7-14(15)18/h4,13H,1,5-12H2,2-3H3/t13-,15-,16-/m0/s1. The Morgan fingerprint density at radius 1 is 1.30 bits per heavy atom. The second kappa shape index (κ2) is 4.67. The molecule has 0 unspecified atom stereocenters. The smallest absolute Gasteiger partial charge is 0.174 e. The highest BCUT2D eigenvalue weighted by Gasteiger charge is 2.65. The summed E-state index contributed by atoms with van der Waals surface area (Å²) in [7, 11) is 0. The van der Waals surface area contributed by atoms with E-state index in [2.05, 4.69) is 20.4 Å². The van der Waals surface area contributed by atoms with E-state index in [1.165, 1.54) is 0 Å². The van der Waals surface area contributed by atoms with Gasteiger partial charge in [0.05, 0.1) is 13.2 Å². The predicted molar refractivity (Wildman–Crippen MR) is 77.2 cm³/mol. The van der Waals surface area contributed by atoms with Crippen molar-refractivity contribution in [2.24, 2.45) is 16.7 Å². The van der Waals surface area contributed by atoms with Crippen LogP contribution in [0.1, 0.15) is 52.4 Å². The lowest BCUT2D eigenvalue weighted by Gasteiger charge is -2.60. The van der Waals surface area contributed by atoms with Crippen LogP contribution in [0.2, 0.25) is 0 Å². The number of ether oxygens (including phenoxy) is 2. The van der Waals surface area contributed by atoms with Gasteiger partial charge in [-0.2, -0.15) is 0 Å². The average Bonchev–Trinajstić information content (AvgIpc) is 2.88. The minimum absolute atomic E-state index is 0.0482. The number of allylic oxidation sites excluding steroid dienone is 1. The molecule has 0 aromatic rings. The van der Waals surface area contributed by atoms with E-state index in [9.17, 15) is 4.79 Å². The number of carbonyl (C=O) groups is 1. The van der Waals surface area contributed by atoms with Crippen LogP contribution >= 0.6 is 0 Å². The zero-order valence-corrected chi connectivity index (χ0v) is 12.7. The number of fused-ring (bicyclic) bond motifs is 2. The van der Waals surface area contributed by atoms with Crippen LogP contribution in [-0.2, 0) is 14.3 Å². The fraction of sp³-hybridized carbons (Fsp3) is 0.824. The molecule has 2 aliphatic carbocycles. The Bertz CT molecular complexity index is 424. The van der Waals surface area contributed by atoms with Crippen molar-refractivity contribution in [2.75, 3.05) is 13.2 Å².